The molecule has 0 radical (unpaired) electrons. The first-order valence-electron chi connectivity index (χ1n) is 15.4. The molecule has 14 heteroatoms. The van der Waals surface area contributed by atoms with E-state index >= 15 is 4.79 Å². The summed E-state index contributed by atoms with van der Waals surface area (Å²) in [7, 11) is 4.39. The van der Waals surface area contributed by atoms with E-state index in [0.717, 1.165) is 9.58 Å². The van der Waals surface area contributed by atoms with E-state index in [4.69, 9.17) is 32.7 Å². The molecule has 1 aromatic heterocycles. The zero-order valence-corrected chi connectivity index (χ0v) is 28.1. The molecule has 4 aromatic rings. The Bertz CT molecular complexity index is 2200. The fourth-order valence-electron chi connectivity index (χ4n) is 7.46. The lowest BCUT2D eigenvalue weighted by molar-refractivity contribution is -0.138. The Morgan fingerprint density at radius 3 is 2.41 bits per heavy atom. The molecule has 1 saturated heterocycles. The van der Waals surface area contributed by atoms with Gasteiger partial charge in [-0.3, -0.25) is 15.0 Å². The van der Waals surface area contributed by atoms with Gasteiger partial charge in [0.25, 0.3) is 11.8 Å². The number of ether oxygens (including phenoxy) is 2. The van der Waals surface area contributed by atoms with Gasteiger partial charge in [0, 0.05) is 18.0 Å². The summed E-state index contributed by atoms with van der Waals surface area (Å²) in [5.74, 6) is -2.06. The summed E-state index contributed by atoms with van der Waals surface area (Å²) in [6.45, 7) is 0.0892. The number of amides is 2. The van der Waals surface area contributed by atoms with Crippen molar-refractivity contribution in [1.82, 2.24) is 18.9 Å². The third kappa shape index (κ3) is 4.88. The number of hydrazine groups is 1. The van der Waals surface area contributed by atoms with Crippen LogP contribution in [-0.2, 0) is 28.6 Å². The lowest BCUT2D eigenvalue weighted by Crippen LogP contribution is -2.54. The van der Waals surface area contributed by atoms with Gasteiger partial charge in [-0.1, -0.05) is 59.6 Å². The average Bonchev–Trinajstić information content (AvgIpc) is 3.45. The smallest absolute Gasteiger partial charge is 0.347 e. The fraction of sp³-hybridized carbons (Fsp3) is 0.257. The number of rotatable bonds is 7. The minimum atomic E-state index is -1.50. The molecule has 2 fully saturated rings. The number of methoxy groups -OCH3 is 2. The van der Waals surface area contributed by atoms with Gasteiger partial charge in [-0.2, -0.15) is 5.01 Å². The first-order chi connectivity index (χ1) is 23.5. The summed E-state index contributed by atoms with van der Waals surface area (Å²) in [4.78, 5) is 56.3. The maximum Gasteiger partial charge on any atom is 0.347 e. The Kier molecular flexibility index (Phi) is 7.95. The molecule has 4 atom stereocenters. The molecule has 2 amide bonds. The molecule has 0 bridgehead atoms. The predicted octanol–water partition coefficient (Wildman–Crippen LogP) is 4.54. The number of aromatic hydroxyl groups is 1. The minimum Gasteiger partial charge on any atom is -0.504 e. The first-order valence-corrected chi connectivity index (χ1v) is 16.1. The van der Waals surface area contributed by atoms with Gasteiger partial charge in [0.05, 0.1) is 48.8 Å². The Hall–Kier alpha value is -5.20. The number of phenols is 1. The third-order valence-electron chi connectivity index (χ3n) is 9.78. The van der Waals surface area contributed by atoms with Gasteiger partial charge in [-0.25, -0.2) is 23.5 Å². The highest BCUT2D eigenvalue weighted by Gasteiger charge is 2.68. The number of aromatic nitrogens is 3. The summed E-state index contributed by atoms with van der Waals surface area (Å²) in [5.41, 5.74) is 2.66. The van der Waals surface area contributed by atoms with Crippen molar-refractivity contribution in [2.75, 3.05) is 19.6 Å². The zero-order chi connectivity index (χ0) is 34.8. The largest absolute Gasteiger partial charge is 0.504 e. The van der Waals surface area contributed by atoms with Crippen LogP contribution in [0.5, 0.6) is 17.2 Å². The number of carbonyl (C=O) groups is 2. The van der Waals surface area contributed by atoms with Gasteiger partial charge in [-0.15, -0.1) is 0 Å². The van der Waals surface area contributed by atoms with E-state index in [0.29, 0.717) is 33.2 Å². The number of hydrogen-bond donors (Lipinski definition) is 2. The molecule has 1 saturated carbocycles. The van der Waals surface area contributed by atoms with Crippen molar-refractivity contribution >= 4 is 46.8 Å². The van der Waals surface area contributed by atoms with E-state index in [-0.39, 0.29) is 29.5 Å². The molecule has 12 nitrogen and oxygen atoms in total. The Labute approximate surface area is 289 Å². The Morgan fingerprint density at radius 2 is 1.71 bits per heavy atom. The number of allylic oxidation sites excluding steroid dienone is 3. The van der Waals surface area contributed by atoms with Gasteiger partial charge < -0.3 is 14.6 Å². The van der Waals surface area contributed by atoms with Gasteiger partial charge in [0.15, 0.2) is 11.5 Å². The SMILES string of the molecule is COc1ccc([C@@]23C(=O)N(Nc4ccc(Cl)cc4Cl)C(=O)[C@@H]2C[C@@H]2C(=CCn4c(=O)n(C)c(=O)n42)[C@@H]3C=Cc2ccc(O)c(OC)c2)cc1. The monoisotopic (exact) mass is 703 g/mol. The maximum absolute atomic E-state index is 15.1. The number of fused-ring (bicyclic) bond motifs is 4. The first kappa shape index (κ1) is 32.4. The summed E-state index contributed by atoms with van der Waals surface area (Å²) in [6.07, 6.45) is 5.54. The van der Waals surface area contributed by atoms with Crippen molar-refractivity contribution in [3.05, 3.63) is 121 Å². The highest BCUT2D eigenvalue weighted by molar-refractivity contribution is 6.36. The van der Waals surface area contributed by atoms with Crippen molar-refractivity contribution in [2.45, 2.75) is 24.4 Å². The molecule has 49 heavy (non-hydrogen) atoms. The van der Waals surface area contributed by atoms with Crippen LogP contribution in [0.2, 0.25) is 10.0 Å². The highest BCUT2D eigenvalue weighted by atomic mass is 35.5. The Morgan fingerprint density at radius 1 is 0.959 bits per heavy atom. The van der Waals surface area contributed by atoms with E-state index in [1.54, 1.807) is 54.6 Å². The lowest BCUT2D eigenvalue weighted by atomic mass is 9.54. The summed E-state index contributed by atoms with van der Waals surface area (Å²) in [6, 6.07) is 15.8. The summed E-state index contributed by atoms with van der Waals surface area (Å²) in [5, 5.41) is 11.8. The number of phenolic OH excluding ortho intramolecular Hbond substituents is 1. The highest BCUT2D eigenvalue weighted by Crippen LogP contribution is 2.59. The number of anilines is 1. The second-order valence-corrected chi connectivity index (χ2v) is 13.0. The molecule has 2 aliphatic heterocycles. The van der Waals surface area contributed by atoms with Crippen LogP contribution in [0, 0.1) is 11.8 Å². The van der Waals surface area contributed by atoms with E-state index in [9.17, 15) is 19.5 Å². The van der Waals surface area contributed by atoms with Crippen LogP contribution in [0.25, 0.3) is 6.08 Å². The molecule has 2 N–H and O–H groups in total. The number of hydrogen-bond acceptors (Lipinski definition) is 8. The van der Waals surface area contributed by atoms with E-state index in [1.165, 1.54) is 42.8 Å². The van der Waals surface area contributed by atoms with Crippen LogP contribution in [0.1, 0.15) is 23.6 Å². The normalized spacial score (nSPS) is 22.8. The summed E-state index contributed by atoms with van der Waals surface area (Å²) < 4.78 is 14.5. The van der Waals surface area contributed by atoms with E-state index < -0.39 is 46.5 Å². The molecule has 3 heterocycles. The second-order valence-electron chi connectivity index (χ2n) is 12.1. The van der Waals surface area contributed by atoms with Crippen LogP contribution in [0.15, 0.2) is 88.0 Å². The van der Waals surface area contributed by atoms with E-state index in [2.05, 4.69) is 5.43 Å². The number of imide groups is 1. The van der Waals surface area contributed by atoms with Crippen molar-refractivity contribution < 1.29 is 24.2 Å². The number of halogens is 2. The van der Waals surface area contributed by atoms with Gasteiger partial charge in [0.2, 0.25) is 0 Å². The van der Waals surface area contributed by atoms with Crippen LogP contribution < -0.4 is 26.3 Å². The standard InChI is InChI=1S/C35H31Cl2N5O7/c1-39-33(46)40-15-14-23-24(11-4-19-5-13-29(43)30(16-19)49-3)35(20-6-9-22(48-2)10-7-20)25(18-28(23)42(40)34(39)47)31(44)41(32(35)45)38-27-12-8-21(36)17-26(27)37/h4-14,16-17,24-25,28,38,43H,15,18H2,1-3H3/t24-,25-,28+,35-/m0/s1. The number of nitrogens with zero attached hydrogens (tertiary/aromatic N) is 4. The predicted molar refractivity (Wildman–Crippen MR) is 183 cm³/mol. The average molecular weight is 705 g/mol. The van der Waals surface area contributed by atoms with Crippen LogP contribution in [-0.4, -0.2) is 50.1 Å². The lowest BCUT2D eigenvalue weighted by Gasteiger charge is -2.47. The van der Waals surface area contributed by atoms with Crippen molar-refractivity contribution in [3.8, 4) is 17.2 Å². The fourth-order valence-corrected chi connectivity index (χ4v) is 7.91. The van der Waals surface area contributed by atoms with Crippen molar-refractivity contribution in [2.24, 2.45) is 18.9 Å². The van der Waals surface area contributed by atoms with Gasteiger partial charge >= 0.3 is 11.4 Å². The number of carbonyl (C=O) groups excluding carboxylic acids is 2. The van der Waals surface area contributed by atoms with Gasteiger partial charge in [0.1, 0.15) is 5.75 Å². The van der Waals surface area contributed by atoms with E-state index in [1.807, 2.05) is 12.2 Å². The Balaban J connectivity index is 1.46. The third-order valence-corrected chi connectivity index (χ3v) is 10.3. The van der Waals surface area contributed by atoms with Crippen molar-refractivity contribution in [1.29, 1.82) is 0 Å². The van der Waals surface area contributed by atoms with Gasteiger partial charge in [-0.05, 0) is 65.6 Å². The van der Waals surface area contributed by atoms with Crippen LogP contribution in [0.3, 0.4) is 0 Å². The molecule has 252 valence electrons. The van der Waals surface area contributed by atoms with Crippen molar-refractivity contribution in [3.63, 3.8) is 0 Å². The molecule has 0 unspecified atom stereocenters. The second kappa shape index (κ2) is 12.0. The molecule has 3 aromatic carbocycles. The molecular formula is C35H31Cl2N5O7. The molecule has 0 spiro atoms. The quantitative estimate of drug-likeness (QED) is 0.212. The molecule has 1 aliphatic carbocycles. The number of nitrogens with one attached hydrogen (secondary N) is 1. The van der Waals surface area contributed by atoms with Crippen LogP contribution in [0.4, 0.5) is 5.69 Å². The molecule has 3 aliphatic rings. The summed E-state index contributed by atoms with van der Waals surface area (Å²) >= 11 is 12.6. The topological polar surface area (TPSA) is 137 Å². The zero-order valence-electron chi connectivity index (χ0n) is 26.6. The van der Waals surface area contributed by atoms with Crippen LogP contribution >= 0.6 is 23.2 Å². The minimum absolute atomic E-state index is 0.0392. The number of benzene rings is 3. The molecular weight excluding hydrogens is 673 g/mol. The maximum atomic E-state index is 15.1. The molecule has 7 rings (SSSR count).